The molecule has 0 bridgehead atoms. The van der Waals surface area contributed by atoms with E-state index >= 15 is 0 Å². The molecule has 9 heteroatoms. The van der Waals surface area contributed by atoms with E-state index in [0.717, 1.165) is 180 Å². The molecule has 0 saturated heterocycles. The number of quaternary nitrogens is 1. The fraction of sp³-hybridized carbons (Fsp3) is 0.544. The number of likely N-dealkylation sites (N-methyl/N-ethyl adjacent to an activating group) is 1. The first-order chi connectivity index (χ1) is 48.6. The van der Waals surface area contributed by atoms with Gasteiger partial charge in [0.1, 0.15) is 13.2 Å². The highest BCUT2D eigenvalue weighted by molar-refractivity contribution is 5.70. The fourth-order valence-electron chi connectivity index (χ4n) is 9.62. The number of carbonyl (C=O) groups is 3. The Balaban J connectivity index is 4.23. The van der Waals surface area contributed by atoms with Gasteiger partial charge >= 0.3 is 11.9 Å². The maximum absolute atomic E-state index is 13.0. The SMILES string of the molecule is CC/C=C\C/C=C\C/C=C\C/C=C\C/C=C\C/C=C\C/C=C\C/C=C\C/C=C\C/C=C\C/C=C\C/C=C\CCCCCCC(=O)OC(COC(=O)CCCCCCCCCCCCC/C=C\C/C=C\C/C=C\C/C=C\C/C=C\C/C=C\C/C=C\CC)COC(OCC[N+](C)(C)C)C(=O)[O-]. The van der Waals surface area contributed by atoms with Gasteiger partial charge in [-0.15, -0.1) is 0 Å². The molecule has 2 unspecified atom stereocenters. The lowest BCUT2D eigenvalue weighted by Gasteiger charge is -2.26. The van der Waals surface area contributed by atoms with Gasteiger partial charge in [0.15, 0.2) is 12.4 Å². The predicted molar refractivity (Wildman–Crippen MR) is 425 cm³/mol. The second-order valence-electron chi connectivity index (χ2n) is 25.8. The van der Waals surface area contributed by atoms with Gasteiger partial charge in [0.05, 0.1) is 40.3 Å². The highest BCUT2D eigenvalue weighted by Gasteiger charge is 2.22. The number of carboxylic acids is 1. The van der Waals surface area contributed by atoms with Crippen LogP contribution in [0.2, 0.25) is 0 Å². The summed E-state index contributed by atoms with van der Waals surface area (Å²) in [5, 5.41) is 11.9. The number of ether oxygens (including phenoxy) is 4. The topological polar surface area (TPSA) is 111 Å². The fourth-order valence-corrected chi connectivity index (χ4v) is 9.62. The van der Waals surface area contributed by atoms with Crippen molar-refractivity contribution in [1.82, 2.24) is 0 Å². The molecule has 0 aromatic rings. The van der Waals surface area contributed by atoms with E-state index in [0.29, 0.717) is 17.4 Å². The third-order valence-corrected chi connectivity index (χ3v) is 15.4. The van der Waals surface area contributed by atoms with Gasteiger partial charge in [-0.3, -0.25) is 9.59 Å². The number of unbranched alkanes of at least 4 members (excludes halogenated alkanes) is 15. The van der Waals surface area contributed by atoms with Crippen LogP contribution in [-0.2, 0) is 33.3 Å². The normalized spacial score (nSPS) is 14.0. The van der Waals surface area contributed by atoms with Crippen molar-refractivity contribution in [3.8, 4) is 0 Å². The number of carboxylic acid groups (broad SMARTS) is 1. The minimum absolute atomic E-state index is 0.129. The first-order valence-corrected chi connectivity index (χ1v) is 38.5. The van der Waals surface area contributed by atoms with E-state index in [1.54, 1.807) is 0 Å². The van der Waals surface area contributed by atoms with Crippen LogP contribution in [0.4, 0.5) is 0 Å². The summed E-state index contributed by atoms with van der Waals surface area (Å²) in [4.78, 5) is 37.6. The number of allylic oxidation sites excluding steroid dienone is 38. The summed E-state index contributed by atoms with van der Waals surface area (Å²) in [5.41, 5.74) is 0. The molecular formula is C90H139NO8. The van der Waals surface area contributed by atoms with Crippen molar-refractivity contribution in [1.29, 1.82) is 0 Å². The summed E-state index contributed by atoms with van der Waals surface area (Å²) in [7, 11) is 5.91. The maximum atomic E-state index is 13.0. The van der Waals surface area contributed by atoms with E-state index in [9.17, 15) is 19.5 Å². The third-order valence-electron chi connectivity index (χ3n) is 15.4. The molecule has 0 rings (SSSR count). The lowest BCUT2D eigenvalue weighted by atomic mass is 10.0. The third kappa shape index (κ3) is 78.6. The Morgan fingerprint density at radius 3 is 0.808 bits per heavy atom. The van der Waals surface area contributed by atoms with Crippen molar-refractivity contribution in [2.24, 2.45) is 0 Å². The van der Waals surface area contributed by atoms with E-state index in [2.05, 4.69) is 245 Å². The van der Waals surface area contributed by atoms with E-state index in [-0.39, 0.29) is 38.6 Å². The van der Waals surface area contributed by atoms with Crippen LogP contribution in [0.25, 0.3) is 0 Å². The molecule has 0 aromatic heterocycles. The summed E-state index contributed by atoms with van der Waals surface area (Å²) >= 11 is 0. The maximum Gasteiger partial charge on any atom is 0.306 e. The second-order valence-corrected chi connectivity index (χ2v) is 25.8. The first kappa shape index (κ1) is 92.4. The molecule has 0 aliphatic carbocycles. The molecule has 0 aromatic carbocycles. The average Bonchev–Trinajstić information content (AvgIpc) is 2.62. The van der Waals surface area contributed by atoms with E-state index < -0.39 is 24.3 Å². The quantitative estimate of drug-likeness (QED) is 0.0195. The molecule has 99 heavy (non-hydrogen) atoms. The van der Waals surface area contributed by atoms with Crippen LogP contribution in [0, 0.1) is 0 Å². The van der Waals surface area contributed by atoms with Gasteiger partial charge < -0.3 is 33.3 Å². The standard InChI is InChI=1S/C90H139NO8/c1-6-8-10-12-14-16-18-20-22-24-26-28-30-32-34-36-38-40-41-42-43-44-45-46-47-49-51-53-55-57-59-61-63-65-67-69-71-73-75-77-79-81-88(93)99-86(85-98-90(89(94)95)96-83-82-91(3,4)5)84-97-87(92)80-78-76-74-72-70-68-66-64-62-60-58-56-54-52-50-48-39-37-35-33-31-29-27-25-23-21-19-17-15-13-11-9-7-2/h8-11,14-17,20-23,26-29,32-35,38-40,42-43,45-46,48-49,51-52,54-55,57,61,63,67,69,86,90H,6-7,12-13,18-19,24-25,30-31,36-37,41,44,47,50,53,56,58-60,62,64-66,68,70-85H2,1-5H3/b10-8-,11-9-,16-14-,17-15-,22-20-,23-21-,28-26-,29-27-,34-32-,35-33-,40-38-,43-42-,46-45-,48-39-,51-49-,54-52-,57-55-,63-61-,69-67-. The molecule has 0 fully saturated rings. The van der Waals surface area contributed by atoms with Crippen molar-refractivity contribution >= 4 is 17.9 Å². The Hall–Kier alpha value is -6.65. The van der Waals surface area contributed by atoms with Crippen LogP contribution >= 0.6 is 0 Å². The minimum atomic E-state index is -1.65. The van der Waals surface area contributed by atoms with Crippen molar-refractivity contribution in [2.45, 2.75) is 270 Å². The molecule has 552 valence electrons. The molecule has 0 heterocycles. The zero-order valence-corrected chi connectivity index (χ0v) is 63.0. The largest absolute Gasteiger partial charge is 0.545 e. The molecule has 2 atom stereocenters. The number of rotatable bonds is 68. The Morgan fingerprint density at radius 1 is 0.303 bits per heavy atom. The Kier molecular flexibility index (Phi) is 71.9. The van der Waals surface area contributed by atoms with E-state index in [4.69, 9.17) is 18.9 Å². The number of hydrogen-bond acceptors (Lipinski definition) is 8. The van der Waals surface area contributed by atoms with Gasteiger partial charge in [0.25, 0.3) is 0 Å². The van der Waals surface area contributed by atoms with Gasteiger partial charge in [0.2, 0.25) is 0 Å². The number of esters is 2. The summed E-state index contributed by atoms with van der Waals surface area (Å²) in [6, 6.07) is 0. The van der Waals surface area contributed by atoms with Crippen LogP contribution in [0.15, 0.2) is 231 Å². The average molecular weight is 1360 g/mol. The molecule has 0 spiro atoms. The van der Waals surface area contributed by atoms with Gasteiger partial charge in [-0.2, -0.15) is 0 Å². The van der Waals surface area contributed by atoms with E-state index in [1.165, 1.54) is 44.9 Å². The van der Waals surface area contributed by atoms with Crippen molar-refractivity contribution in [2.75, 3.05) is 47.5 Å². The Labute approximate surface area is 606 Å². The lowest BCUT2D eigenvalue weighted by Crippen LogP contribution is -2.44. The molecule has 0 aliphatic heterocycles. The zero-order chi connectivity index (χ0) is 71.8. The predicted octanol–water partition coefficient (Wildman–Crippen LogP) is 23.7. The summed E-state index contributed by atoms with van der Waals surface area (Å²) in [6.07, 6.45) is 120. The number of nitrogens with zero attached hydrogens (tertiary/aromatic N) is 1. The van der Waals surface area contributed by atoms with Crippen LogP contribution in [-0.4, -0.2) is 82.3 Å². The summed E-state index contributed by atoms with van der Waals surface area (Å²) in [5.74, 6) is -2.35. The Morgan fingerprint density at radius 2 is 0.545 bits per heavy atom. The van der Waals surface area contributed by atoms with E-state index in [1.807, 2.05) is 21.1 Å². The lowest BCUT2D eigenvalue weighted by molar-refractivity contribution is -0.870. The molecule has 0 aliphatic rings. The molecule has 0 amide bonds. The van der Waals surface area contributed by atoms with Crippen molar-refractivity contribution < 1.29 is 42.9 Å². The van der Waals surface area contributed by atoms with Crippen LogP contribution in [0.1, 0.15) is 258 Å². The van der Waals surface area contributed by atoms with Gasteiger partial charge in [0, 0.05) is 12.8 Å². The number of aliphatic carboxylic acids is 1. The monoisotopic (exact) mass is 1360 g/mol. The van der Waals surface area contributed by atoms with Crippen LogP contribution in [0.3, 0.4) is 0 Å². The molecule has 0 N–H and O–H groups in total. The molecular weight excluding hydrogens is 1220 g/mol. The van der Waals surface area contributed by atoms with Crippen LogP contribution in [0.5, 0.6) is 0 Å². The van der Waals surface area contributed by atoms with Crippen molar-refractivity contribution in [3.05, 3.63) is 231 Å². The molecule has 0 radical (unpaired) electrons. The van der Waals surface area contributed by atoms with Gasteiger partial charge in [-0.25, -0.2) is 0 Å². The first-order valence-electron chi connectivity index (χ1n) is 38.5. The summed E-state index contributed by atoms with van der Waals surface area (Å²) < 4.78 is 22.8. The van der Waals surface area contributed by atoms with Gasteiger partial charge in [-0.1, -0.05) is 315 Å². The second kappa shape index (κ2) is 77.1. The van der Waals surface area contributed by atoms with Crippen molar-refractivity contribution in [3.63, 3.8) is 0 Å². The summed E-state index contributed by atoms with van der Waals surface area (Å²) in [6.45, 7) is 4.46. The zero-order valence-electron chi connectivity index (χ0n) is 63.0. The molecule has 9 nitrogen and oxygen atoms in total. The highest BCUT2D eigenvalue weighted by atomic mass is 16.7. The van der Waals surface area contributed by atoms with Crippen LogP contribution < -0.4 is 5.11 Å². The number of hydrogen-bond donors (Lipinski definition) is 0. The minimum Gasteiger partial charge on any atom is -0.545 e. The van der Waals surface area contributed by atoms with Gasteiger partial charge in [-0.05, 0) is 161 Å². The smallest absolute Gasteiger partial charge is 0.306 e. The Bertz CT molecular complexity index is 2490. The molecule has 0 saturated carbocycles. The highest BCUT2D eigenvalue weighted by Crippen LogP contribution is 2.15. The number of carbonyl (C=O) groups excluding carboxylic acids is 3.